The molecule has 0 radical (unpaired) electrons. The fourth-order valence-electron chi connectivity index (χ4n) is 8.93. The molecule has 0 unspecified atom stereocenters. The van der Waals surface area contributed by atoms with Crippen molar-refractivity contribution in [2.24, 2.45) is 28.8 Å². The minimum Gasteiger partial charge on any atom is -0.458 e. The number of ether oxygens (including phenoxy) is 8. The first kappa shape index (κ1) is 50.8. The summed E-state index contributed by atoms with van der Waals surface area (Å²) in [6, 6.07) is -0.318. The van der Waals surface area contributed by atoms with Crippen molar-refractivity contribution in [2.75, 3.05) is 48.3 Å². The topological polar surface area (TPSA) is 217 Å². The van der Waals surface area contributed by atoms with Gasteiger partial charge in [0.2, 0.25) is 6.79 Å². The Morgan fingerprint density at radius 3 is 2.24 bits per heavy atom. The molecule has 340 valence electrons. The van der Waals surface area contributed by atoms with Crippen LogP contribution in [0.5, 0.6) is 0 Å². The van der Waals surface area contributed by atoms with Crippen LogP contribution in [-0.4, -0.2) is 175 Å². The van der Waals surface area contributed by atoms with E-state index in [1.807, 2.05) is 32.8 Å². The zero-order valence-corrected chi connectivity index (χ0v) is 37.3. The van der Waals surface area contributed by atoms with Gasteiger partial charge in [0, 0.05) is 44.4 Å². The van der Waals surface area contributed by atoms with E-state index < -0.39 is 102 Å². The first-order chi connectivity index (χ1) is 27.0. The summed E-state index contributed by atoms with van der Waals surface area (Å²) in [5.74, 6) is -4.21. The Morgan fingerprint density at radius 2 is 1.66 bits per heavy atom. The van der Waals surface area contributed by atoms with Crippen LogP contribution in [0.25, 0.3) is 0 Å². The Morgan fingerprint density at radius 1 is 1.00 bits per heavy atom. The van der Waals surface area contributed by atoms with Crippen LogP contribution >= 0.6 is 0 Å². The van der Waals surface area contributed by atoms with Crippen LogP contribution in [0.3, 0.4) is 0 Å². The van der Waals surface area contributed by atoms with Crippen LogP contribution in [0.1, 0.15) is 94.9 Å². The van der Waals surface area contributed by atoms with Gasteiger partial charge in [0.25, 0.3) is 0 Å². The molecule has 0 aromatic heterocycles. The molecule has 0 aliphatic carbocycles. The Bertz CT molecular complexity index is 1300. The van der Waals surface area contributed by atoms with Gasteiger partial charge in [0.15, 0.2) is 12.6 Å². The number of hydrogen-bond acceptors (Lipinski definition) is 17. The van der Waals surface area contributed by atoms with E-state index in [1.165, 1.54) is 14.0 Å². The van der Waals surface area contributed by atoms with Crippen LogP contribution < -0.4 is 0 Å². The van der Waals surface area contributed by atoms with Gasteiger partial charge in [0.1, 0.15) is 23.9 Å². The molecule has 5 N–H and O–H groups in total. The first-order valence-corrected chi connectivity index (χ1v) is 20.8. The van der Waals surface area contributed by atoms with Crippen molar-refractivity contribution in [3.63, 3.8) is 0 Å². The van der Waals surface area contributed by atoms with Gasteiger partial charge in [-0.3, -0.25) is 4.79 Å². The molecule has 3 saturated heterocycles. The summed E-state index contributed by atoms with van der Waals surface area (Å²) >= 11 is 0. The number of methoxy groups -OCH3 is 2. The normalized spacial score (nSPS) is 43.2. The number of aliphatic hydroxyl groups excluding tert-OH is 3. The smallest absolute Gasteiger partial charge is 0.311 e. The van der Waals surface area contributed by atoms with E-state index in [9.17, 15) is 30.3 Å². The lowest BCUT2D eigenvalue weighted by Gasteiger charge is -2.49. The molecular weight excluding hydrogens is 760 g/mol. The number of esters is 1. The number of aliphatic hydroxyl groups is 5. The van der Waals surface area contributed by atoms with Gasteiger partial charge >= 0.3 is 5.97 Å². The fourth-order valence-corrected chi connectivity index (χ4v) is 8.93. The van der Waals surface area contributed by atoms with E-state index in [2.05, 4.69) is 5.16 Å². The molecule has 17 nitrogen and oxygen atoms in total. The number of carbonyl (C=O) groups excluding carboxylic acids is 1. The standard InChI is InChI=1S/C41H76N2O15/c1-15-29(44)41(10,49)36-24(4)31(42-53-21-52-17-16-50-13)22(2)19-39(8,48)35(58-38-32(45)28(43(11)12)18-23(3)54-38)25(5)33(26(6)37(47)57-36)56-30-20-40(9,51-14)34(46)27(7)55-30/h22-30,32-36,38,44-46,48-49H,15-21H2,1-14H3/b42-31+/t22-,23-,24+,25+,26-,27+,28+,29-,30+,32-,33+,34+,35-,36-,38+,39-,40-,41-/m1/s1. The predicted molar refractivity (Wildman–Crippen MR) is 212 cm³/mol. The van der Waals surface area contributed by atoms with E-state index in [1.54, 1.807) is 55.6 Å². The highest BCUT2D eigenvalue weighted by molar-refractivity contribution is 5.89. The maximum Gasteiger partial charge on any atom is 0.311 e. The maximum atomic E-state index is 14.6. The zero-order chi connectivity index (χ0) is 43.9. The van der Waals surface area contributed by atoms with Crippen molar-refractivity contribution in [3.05, 3.63) is 0 Å². The van der Waals surface area contributed by atoms with E-state index in [0.717, 1.165) is 0 Å². The van der Waals surface area contributed by atoms with Crippen LogP contribution in [0.15, 0.2) is 5.16 Å². The predicted octanol–water partition coefficient (Wildman–Crippen LogP) is 2.21. The zero-order valence-electron chi connectivity index (χ0n) is 37.3. The summed E-state index contributed by atoms with van der Waals surface area (Å²) in [6.45, 7) is 17.3. The first-order valence-electron chi connectivity index (χ1n) is 20.8. The van der Waals surface area contributed by atoms with E-state index in [4.69, 9.17) is 42.7 Å². The highest BCUT2D eigenvalue weighted by Crippen LogP contribution is 2.41. The molecule has 0 aromatic carbocycles. The molecular formula is C41H76N2O15. The molecule has 0 saturated carbocycles. The molecule has 0 amide bonds. The van der Waals surface area contributed by atoms with Crippen molar-refractivity contribution in [2.45, 2.75) is 179 Å². The second-order valence-electron chi connectivity index (χ2n) is 17.7. The minimum absolute atomic E-state index is 0.000305. The van der Waals surface area contributed by atoms with Gasteiger partial charge in [-0.2, -0.15) is 0 Å². The third kappa shape index (κ3) is 12.1. The number of oxime groups is 1. The summed E-state index contributed by atoms with van der Waals surface area (Å²) < 4.78 is 48.3. The van der Waals surface area contributed by atoms with Crippen LogP contribution in [0.2, 0.25) is 0 Å². The van der Waals surface area contributed by atoms with Crippen molar-refractivity contribution < 1.29 is 73.1 Å². The number of nitrogens with zero attached hydrogens (tertiary/aromatic N) is 2. The maximum absolute atomic E-state index is 14.6. The monoisotopic (exact) mass is 837 g/mol. The summed E-state index contributed by atoms with van der Waals surface area (Å²) in [4.78, 5) is 22.1. The van der Waals surface area contributed by atoms with Gasteiger partial charge in [-0.05, 0) is 74.9 Å². The Kier molecular flexibility index (Phi) is 18.8. The van der Waals surface area contributed by atoms with Crippen molar-refractivity contribution in [3.8, 4) is 0 Å². The van der Waals surface area contributed by atoms with Crippen LogP contribution in [0, 0.1) is 23.7 Å². The SMILES string of the molecule is CC[C@@H](O)[C@@](C)(O)[C@@H]1OC(=O)[C@H](C)[C@@H](O[C@H]2C[C@@](C)(OC)[C@@H](O)[C@H](C)O2)[C@H](C)[C@@H](O[C@@H]2O[C@H](C)C[C@H](N(C)C)[C@H]2O)[C@](C)(O)C[C@@H](C)/C(=N\OCOCCOC)[C@@H]1C. The second-order valence-corrected chi connectivity index (χ2v) is 17.7. The lowest BCUT2D eigenvalue weighted by molar-refractivity contribution is -0.318. The number of rotatable bonds is 15. The molecule has 3 aliphatic rings. The van der Waals surface area contributed by atoms with Gasteiger partial charge in [-0.15, -0.1) is 0 Å². The number of hydrogen-bond donors (Lipinski definition) is 5. The van der Waals surface area contributed by atoms with Gasteiger partial charge in [0.05, 0.1) is 66.6 Å². The lowest BCUT2D eigenvalue weighted by Crippen LogP contribution is -2.61. The third-order valence-corrected chi connectivity index (χ3v) is 12.6. The third-order valence-electron chi connectivity index (χ3n) is 12.6. The summed E-state index contributed by atoms with van der Waals surface area (Å²) in [5, 5.41) is 62.9. The molecule has 3 aliphatic heterocycles. The Balaban J connectivity index is 2.22. The molecule has 58 heavy (non-hydrogen) atoms. The Hall–Kier alpha value is -1.58. The van der Waals surface area contributed by atoms with E-state index in [-0.39, 0.29) is 44.8 Å². The average Bonchev–Trinajstić information content (AvgIpc) is 3.15. The quantitative estimate of drug-likeness (QED) is 0.0692. The molecule has 3 heterocycles. The second kappa shape index (κ2) is 21.5. The van der Waals surface area contributed by atoms with Crippen molar-refractivity contribution in [1.82, 2.24) is 4.90 Å². The lowest BCUT2D eigenvalue weighted by atomic mass is 9.73. The molecule has 0 aromatic rings. The van der Waals surface area contributed by atoms with E-state index in [0.29, 0.717) is 18.7 Å². The van der Waals surface area contributed by atoms with Crippen molar-refractivity contribution >= 4 is 11.7 Å². The fraction of sp³-hybridized carbons (Fsp3) is 0.951. The highest BCUT2D eigenvalue weighted by atomic mass is 16.7. The van der Waals surface area contributed by atoms with Crippen LogP contribution in [-0.2, 0) is 47.5 Å². The number of likely N-dealkylation sites (N-methyl/N-ethyl adjacent to an activating group) is 1. The molecule has 17 heteroatoms. The van der Waals surface area contributed by atoms with E-state index >= 15 is 0 Å². The highest BCUT2D eigenvalue weighted by Gasteiger charge is 2.54. The minimum atomic E-state index is -1.97. The molecule has 0 bridgehead atoms. The molecule has 3 fully saturated rings. The summed E-state index contributed by atoms with van der Waals surface area (Å²) in [7, 11) is 6.77. The van der Waals surface area contributed by atoms with Crippen LogP contribution in [0.4, 0.5) is 0 Å². The largest absolute Gasteiger partial charge is 0.458 e. The average molecular weight is 837 g/mol. The number of carbonyl (C=O) groups is 1. The molecule has 3 rings (SSSR count). The van der Waals surface area contributed by atoms with Crippen molar-refractivity contribution in [1.29, 1.82) is 0 Å². The Labute approximate surface area is 345 Å². The van der Waals surface area contributed by atoms with Gasteiger partial charge in [-0.25, -0.2) is 0 Å². The number of cyclic esters (lactones) is 1. The molecule has 0 spiro atoms. The molecule has 18 atom stereocenters. The summed E-state index contributed by atoms with van der Waals surface area (Å²) in [6.07, 6.45) is -9.35. The van der Waals surface area contributed by atoms with Gasteiger partial charge in [-0.1, -0.05) is 32.9 Å². The summed E-state index contributed by atoms with van der Waals surface area (Å²) in [5.41, 5.74) is -4.43. The van der Waals surface area contributed by atoms with Gasteiger partial charge < -0.3 is 73.2 Å².